The standard InChI is InChI=1S/C10H12ClNO2/c1-7-5-6-8(10(11)12-7)3-2-4-9(13)14/h5-6H,2-4H2,1H3,(H,13,14). The summed E-state index contributed by atoms with van der Waals surface area (Å²) in [7, 11) is 0. The predicted molar refractivity (Wildman–Crippen MR) is 54.6 cm³/mol. The molecule has 4 heteroatoms. The third-order valence-electron chi connectivity index (χ3n) is 1.90. The third kappa shape index (κ3) is 3.34. The molecule has 14 heavy (non-hydrogen) atoms. The summed E-state index contributed by atoms with van der Waals surface area (Å²) in [5.74, 6) is -0.777. The molecule has 0 aliphatic heterocycles. The number of carbonyl (C=O) groups is 1. The number of pyridine rings is 1. The van der Waals surface area contributed by atoms with E-state index >= 15 is 0 Å². The number of halogens is 1. The van der Waals surface area contributed by atoms with Gasteiger partial charge in [0.25, 0.3) is 0 Å². The minimum absolute atomic E-state index is 0.171. The molecule has 0 aliphatic carbocycles. The number of rotatable bonds is 4. The Kier molecular flexibility index (Phi) is 3.89. The van der Waals surface area contributed by atoms with Crippen LogP contribution in [0.15, 0.2) is 12.1 Å². The van der Waals surface area contributed by atoms with Gasteiger partial charge < -0.3 is 5.11 Å². The number of carboxylic acid groups (broad SMARTS) is 1. The summed E-state index contributed by atoms with van der Waals surface area (Å²) >= 11 is 5.89. The monoisotopic (exact) mass is 213 g/mol. The molecular formula is C10H12ClNO2. The molecule has 1 aromatic heterocycles. The zero-order valence-electron chi connectivity index (χ0n) is 7.96. The number of aryl methyl sites for hydroxylation is 2. The van der Waals surface area contributed by atoms with Crippen molar-refractivity contribution < 1.29 is 9.90 Å². The summed E-state index contributed by atoms with van der Waals surface area (Å²) in [6.07, 6.45) is 1.43. The van der Waals surface area contributed by atoms with Crippen LogP contribution in [-0.2, 0) is 11.2 Å². The lowest BCUT2D eigenvalue weighted by Gasteiger charge is -2.02. The minimum atomic E-state index is -0.777. The lowest BCUT2D eigenvalue weighted by molar-refractivity contribution is -0.137. The number of aromatic nitrogens is 1. The van der Waals surface area contributed by atoms with Gasteiger partial charge >= 0.3 is 5.97 Å². The maximum Gasteiger partial charge on any atom is 0.303 e. The Morgan fingerprint density at radius 3 is 2.86 bits per heavy atom. The van der Waals surface area contributed by atoms with E-state index in [1.165, 1.54) is 0 Å². The Morgan fingerprint density at radius 1 is 1.57 bits per heavy atom. The molecule has 0 aliphatic rings. The van der Waals surface area contributed by atoms with Gasteiger partial charge in [-0.05, 0) is 31.4 Å². The van der Waals surface area contributed by atoms with E-state index in [0.717, 1.165) is 11.3 Å². The van der Waals surface area contributed by atoms with Crippen molar-refractivity contribution in [3.05, 3.63) is 28.5 Å². The molecule has 1 N–H and O–H groups in total. The first-order chi connectivity index (χ1) is 6.59. The normalized spacial score (nSPS) is 10.1. The van der Waals surface area contributed by atoms with Crippen LogP contribution in [0.25, 0.3) is 0 Å². The third-order valence-corrected chi connectivity index (χ3v) is 2.23. The number of carboxylic acids is 1. The smallest absolute Gasteiger partial charge is 0.303 e. The number of aliphatic carboxylic acids is 1. The highest BCUT2D eigenvalue weighted by Crippen LogP contribution is 2.15. The maximum absolute atomic E-state index is 10.3. The van der Waals surface area contributed by atoms with Crippen LogP contribution in [-0.4, -0.2) is 16.1 Å². The maximum atomic E-state index is 10.3. The van der Waals surface area contributed by atoms with Gasteiger partial charge in [-0.2, -0.15) is 0 Å². The fourth-order valence-corrected chi connectivity index (χ4v) is 1.46. The van der Waals surface area contributed by atoms with Crippen LogP contribution in [0.3, 0.4) is 0 Å². The molecule has 0 amide bonds. The van der Waals surface area contributed by atoms with E-state index in [-0.39, 0.29) is 6.42 Å². The Morgan fingerprint density at radius 2 is 2.29 bits per heavy atom. The second-order valence-corrected chi connectivity index (χ2v) is 3.51. The van der Waals surface area contributed by atoms with Gasteiger partial charge in [0, 0.05) is 12.1 Å². The van der Waals surface area contributed by atoms with E-state index < -0.39 is 5.97 Å². The Labute approximate surface area is 87.7 Å². The highest BCUT2D eigenvalue weighted by Gasteiger charge is 2.03. The molecular weight excluding hydrogens is 202 g/mol. The lowest BCUT2D eigenvalue weighted by atomic mass is 10.1. The van der Waals surface area contributed by atoms with Crippen molar-refractivity contribution in [1.29, 1.82) is 0 Å². The van der Waals surface area contributed by atoms with Crippen molar-refractivity contribution in [2.75, 3.05) is 0 Å². The van der Waals surface area contributed by atoms with Crippen LogP contribution in [0.4, 0.5) is 0 Å². The first kappa shape index (κ1) is 11.0. The van der Waals surface area contributed by atoms with Crippen molar-refractivity contribution >= 4 is 17.6 Å². The topological polar surface area (TPSA) is 50.2 Å². The summed E-state index contributed by atoms with van der Waals surface area (Å²) in [5, 5.41) is 8.94. The lowest BCUT2D eigenvalue weighted by Crippen LogP contribution is -1.97. The average molecular weight is 214 g/mol. The molecule has 0 radical (unpaired) electrons. The Bertz CT molecular complexity index is 339. The SMILES string of the molecule is Cc1ccc(CCCC(=O)O)c(Cl)n1. The van der Waals surface area contributed by atoms with Crippen molar-refractivity contribution in [3.8, 4) is 0 Å². The summed E-state index contributed by atoms with van der Waals surface area (Å²) in [4.78, 5) is 14.4. The summed E-state index contributed by atoms with van der Waals surface area (Å²) in [6.45, 7) is 1.87. The van der Waals surface area contributed by atoms with E-state index in [1.54, 1.807) is 0 Å². The highest BCUT2D eigenvalue weighted by atomic mass is 35.5. The van der Waals surface area contributed by atoms with E-state index in [1.807, 2.05) is 19.1 Å². The number of hydrogen-bond acceptors (Lipinski definition) is 2. The summed E-state index contributed by atoms with van der Waals surface area (Å²) in [5.41, 5.74) is 1.79. The van der Waals surface area contributed by atoms with Crippen molar-refractivity contribution in [2.45, 2.75) is 26.2 Å². The molecule has 1 rings (SSSR count). The first-order valence-corrected chi connectivity index (χ1v) is 4.81. The van der Waals surface area contributed by atoms with Gasteiger partial charge in [0.15, 0.2) is 0 Å². The van der Waals surface area contributed by atoms with Crippen LogP contribution < -0.4 is 0 Å². The van der Waals surface area contributed by atoms with Crippen LogP contribution in [0, 0.1) is 6.92 Å². The van der Waals surface area contributed by atoms with E-state index in [0.29, 0.717) is 18.0 Å². The van der Waals surface area contributed by atoms with Gasteiger partial charge in [0.05, 0.1) is 0 Å². The zero-order chi connectivity index (χ0) is 10.6. The van der Waals surface area contributed by atoms with Crippen LogP contribution in [0.1, 0.15) is 24.1 Å². The zero-order valence-corrected chi connectivity index (χ0v) is 8.71. The molecule has 0 saturated carbocycles. The number of nitrogens with zero attached hydrogens (tertiary/aromatic N) is 1. The molecule has 0 atom stereocenters. The second-order valence-electron chi connectivity index (χ2n) is 3.15. The van der Waals surface area contributed by atoms with Crippen molar-refractivity contribution in [2.24, 2.45) is 0 Å². The largest absolute Gasteiger partial charge is 0.481 e. The van der Waals surface area contributed by atoms with Gasteiger partial charge in [0.2, 0.25) is 0 Å². The fraction of sp³-hybridized carbons (Fsp3) is 0.400. The van der Waals surface area contributed by atoms with E-state index in [4.69, 9.17) is 16.7 Å². The van der Waals surface area contributed by atoms with Gasteiger partial charge in [-0.3, -0.25) is 4.79 Å². The van der Waals surface area contributed by atoms with E-state index in [2.05, 4.69) is 4.98 Å². The Balaban J connectivity index is 2.55. The summed E-state index contributed by atoms with van der Waals surface area (Å²) < 4.78 is 0. The van der Waals surface area contributed by atoms with Gasteiger partial charge in [-0.1, -0.05) is 17.7 Å². The molecule has 1 aromatic rings. The first-order valence-electron chi connectivity index (χ1n) is 4.43. The van der Waals surface area contributed by atoms with Crippen molar-refractivity contribution in [3.63, 3.8) is 0 Å². The molecule has 0 aromatic carbocycles. The minimum Gasteiger partial charge on any atom is -0.481 e. The molecule has 0 saturated heterocycles. The van der Waals surface area contributed by atoms with Crippen LogP contribution in [0.2, 0.25) is 5.15 Å². The summed E-state index contributed by atoms with van der Waals surface area (Å²) in [6, 6.07) is 3.77. The molecule has 0 bridgehead atoms. The van der Waals surface area contributed by atoms with Gasteiger partial charge in [-0.25, -0.2) is 4.98 Å². The van der Waals surface area contributed by atoms with Gasteiger partial charge in [0.1, 0.15) is 5.15 Å². The molecule has 0 spiro atoms. The predicted octanol–water partition coefficient (Wildman–Crippen LogP) is 2.45. The van der Waals surface area contributed by atoms with Crippen LogP contribution >= 0.6 is 11.6 Å². The highest BCUT2D eigenvalue weighted by molar-refractivity contribution is 6.30. The van der Waals surface area contributed by atoms with Crippen LogP contribution in [0.5, 0.6) is 0 Å². The molecule has 3 nitrogen and oxygen atoms in total. The average Bonchev–Trinajstić information content (AvgIpc) is 2.08. The fourth-order valence-electron chi connectivity index (χ4n) is 1.17. The molecule has 0 fully saturated rings. The molecule has 0 unspecified atom stereocenters. The van der Waals surface area contributed by atoms with Gasteiger partial charge in [-0.15, -0.1) is 0 Å². The quantitative estimate of drug-likeness (QED) is 0.782. The number of hydrogen-bond donors (Lipinski definition) is 1. The van der Waals surface area contributed by atoms with E-state index in [9.17, 15) is 4.79 Å². The molecule has 76 valence electrons. The second kappa shape index (κ2) is 4.96. The molecule has 1 heterocycles. The Hall–Kier alpha value is -1.09. The van der Waals surface area contributed by atoms with Crippen molar-refractivity contribution in [1.82, 2.24) is 4.98 Å².